The Morgan fingerprint density at radius 3 is 2.67 bits per heavy atom. The van der Waals surface area contributed by atoms with E-state index in [2.05, 4.69) is 12.4 Å². The number of benzene rings is 1. The first-order chi connectivity index (χ1) is 10.1. The lowest BCUT2D eigenvalue weighted by molar-refractivity contribution is -0.877. The molecule has 1 aromatic carbocycles. The van der Waals surface area contributed by atoms with E-state index in [1.54, 1.807) is 24.3 Å². The number of carbonyl (C=O) groups excluding carboxylic acids is 2. The Bertz CT molecular complexity index is 504. The number of likely N-dealkylation sites (N-methyl/N-ethyl adjacent to an activating group) is 1. The first kappa shape index (κ1) is 15.8. The Kier molecular flexibility index (Phi) is 5.59. The molecular formula is C15H21ClN3O2+. The molecule has 1 atom stereocenters. The molecule has 21 heavy (non-hydrogen) atoms. The molecule has 0 radical (unpaired) electrons. The standard InChI is InChI=1S/C15H20ClN3O2/c1-18-7-2-8-19(10-9-18)14(20)11-17-15(21)12-3-5-13(16)6-4-12/h3-6H,2,7-11H2,1H3,(H,17,21)/p+1. The van der Waals surface area contributed by atoms with Crippen LogP contribution in [0.3, 0.4) is 0 Å². The van der Waals surface area contributed by atoms with Gasteiger partial charge in [0.1, 0.15) is 0 Å². The Morgan fingerprint density at radius 2 is 1.95 bits per heavy atom. The number of hydrogen-bond acceptors (Lipinski definition) is 2. The molecule has 1 aromatic rings. The Balaban J connectivity index is 1.83. The van der Waals surface area contributed by atoms with Crippen molar-refractivity contribution in [2.24, 2.45) is 0 Å². The normalized spacial score (nSPS) is 19.0. The van der Waals surface area contributed by atoms with Gasteiger partial charge in [-0.1, -0.05) is 11.6 Å². The lowest BCUT2D eigenvalue weighted by atomic mass is 10.2. The molecule has 1 unspecified atom stereocenters. The van der Waals surface area contributed by atoms with Gasteiger partial charge in [0.05, 0.1) is 33.2 Å². The van der Waals surface area contributed by atoms with Crippen molar-refractivity contribution in [3.05, 3.63) is 34.9 Å². The number of quaternary nitrogens is 1. The predicted octanol–water partition coefficient (Wildman–Crippen LogP) is -0.183. The van der Waals surface area contributed by atoms with Crippen molar-refractivity contribution in [1.82, 2.24) is 10.2 Å². The minimum atomic E-state index is -0.252. The summed E-state index contributed by atoms with van der Waals surface area (Å²) in [5.74, 6) is -0.274. The van der Waals surface area contributed by atoms with Crippen LogP contribution in [0.4, 0.5) is 0 Å². The maximum atomic E-state index is 12.1. The molecule has 0 aromatic heterocycles. The molecule has 0 saturated carbocycles. The molecule has 0 aliphatic carbocycles. The largest absolute Gasteiger partial charge is 0.343 e. The summed E-state index contributed by atoms with van der Waals surface area (Å²) >= 11 is 5.78. The third-order valence-electron chi connectivity index (χ3n) is 3.70. The zero-order valence-electron chi connectivity index (χ0n) is 12.2. The average molecular weight is 311 g/mol. The Hall–Kier alpha value is -1.59. The molecule has 0 bridgehead atoms. The van der Waals surface area contributed by atoms with Crippen LogP contribution in [0.1, 0.15) is 16.8 Å². The quantitative estimate of drug-likeness (QED) is 0.813. The molecule has 1 aliphatic rings. The highest BCUT2D eigenvalue weighted by molar-refractivity contribution is 6.30. The summed E-state index contributed by atoms with van der Waals surface area (Å²) in [4.78, 5) is 27.3. The number of hydrogen-bond donors (Lipinski definition) is 2. The van der Waals surface area contributed by atoms with Gasteiger partial charge < -0.3 is 15.1 Å². The maximum Gasteiger partial charge on any atom is 0.251 e. The number of nitrogens with one attached hydrogen (secondary N) is 2. The Morgan fingerprint density at radius 1 is 1.24 bits per heavy atom. The number of carbonyl (C=O) groups is 2. The van der Waals surface area contributed by atoms with Crippen molar-refractivity contribution in [2.75, 3.05) is 39.8 Å². The fourth-order valence-electron chi connectivity index (χ4n) is 2.35. The summed E-state index contributed by atoms with van der Waals surface area (Å²) in [7, 11) is 2.14. The fourth-order valence-corrected chi connectivity index (χ4v) is 2.48. The third-order valence-corrected chi connectivity index (χ3v) is 3.95. The smallest absolute Gasteiger partial charge is 0.251 e. The van der Waals surface area contributed by atoms with Gasteiger partial charge in [0.2, 0.25) is 5.91 Å². The van der Waals surface area contributed by atoms with Gasteiger partial charge in [0, 0.05) is 23.6 Å². The highest BCUT2D eigenvalue weighted by Crippen LogP contribution is 2.09. The van der Waals surface area contributed by atoms with Crippen molar-refractivity contribution in [2.45, 2.75) is 6.42 Å². The third kappa shape index (κ3) is 4.72. The minimum Gasteiger partial charge on any atom is -0.343 e. The van der Waals surface area contributed by atoms with Gasteiger partial charge in [0.15, 0.2) is 0 Å². The number of amides is 2. The monoisotopic (exact) mass is 310 g/mol. The SMILES string of the molecule is C[NH+]1CCCN(C(=O)CNC(=O)c2ccc(Cl)cc2)CC1. The van der Waals surface area contributed by atoms with Gasteiger partial charge in [-0.3, -0.25) is 9.59 Å². The van der Waals surface area contributed by atoms with Crippen LogP contribution in [0.25, 0.3) is 0 Å². The number of rotatable bonds is 3. The number of halogens is 1. The van der Waals surface area contributed by atoms with Gasteiger partial charge in [0.25, 0.3) is 5.91 Å². The maximum absolute atomic E-state index is 12.1. The van der Waals surface area contributed by atoms with E-state index in [4.69, 9.17) is 11.6 Å². The number of nitrogens with zero attached hydrogens (tertiary/aromatic N) is 1. The summed E-state index contributed by atoms with van der Waals surface area (Å²) in [6, 6.07) is 6.61. The second-order valence-electron chi connectivity index (χ2n) is 5.38. The molecule has 1 saturated heterocycles. The second kappa shape index (κ2) is 7.43. The predicted molar refractivity (Wildman–Crippen MR) is 81.6 cm³/mol. The Labute approximate surface area is 129 Å². The van der Waals surface area contributed by atoms with Gasteiger partial charge in [-0.15, -0.1) is 0 Å². The summed E-state index contributed by atoms with van der Waals surface area (Å²) in [5, 5.41) is 3.25. The molecule has 114 valence electrons. The van der Waals surface area contributed by atoms with Crippen LogP contribution >= 0.6 is 11.6 Å². The molecule has 1 fully saturated rings. The molecule has 0 spiro atoms. The van der Waals surface area contributed by atoms with E-state index in [9.17, 15) is 9.59 Å². The molecule has 1 aliphatic heterocycles. The highest BCUT2D eigenvalue weighted by atomic mass is 35.5. The van der Waals surface area contributed by atoms with E-state index in [1.807, 2.05) is 4.90 Å². The lowest BCUT2D eigenvalue weighted by Crippen LogP contribution is -3.09. The van der Waals surface area contributed by atoms with Gasteiger partial charge >= 0.3 is 0 Å². The average Bonchev–Trinajstić information content (AvgIpc) is 2.70. The fraction of sp³-hybridized carbons (Fsp3) is 0.467. The van der Waals surface area contributed by atoms with Gasteiger partial charge in [-0.2, -0.15) is 0 Å². The van der Waals surface area contributed by atoms with E-state index in [0.717, 1.165) is 32.6 Å². The first-order valence-corrected chi connectivity index (χ1v) is 7.57. The van der Waals surface area contributed by atoms with E-state index < -0.39 is 0 Å². The topological polar surface area (TPSA) is 53.9 Å². The second-order valence-corrected chi connectivity index (χ2v) is 5.82. The zero-order chi connectivity index (χ0) is 15.2. The summed E-state index contributed by atoms with van der Waals surface area (Å²) in [6.45, 7) is 3.60. The molecule has 5 nitrogen and oxygen atoms in total. The van der Waals surface area contributed by atoms with Crippen LogP contribution in [-0.2, 0) is 4.79 Å². The summed E-state index contributed by atoms with van der Waals surface area (Å²) in [6.07, 6.45) is 1.00. The van der Waals surface area contributed by atoms with Gasteiger partial charge in [-0.25, -0.2) is 0 Å². The van der Waals surface area contributed by atoms with Crippen molar-refractivity contribution >= 4 is 23.4 Å². The van der Waals surface area contributed by atoms with Crippen LogP contribution in [0.15, 0.2) is 24.3 Å². The first-order valence-electron chi connectivity index (χ1n) is 7.19. The summed E-state index contributed by atoms with van der Waals surface area (Å²) < 4.78 is 0. The van der Waals surface area contributed by atoms with Crippen molar-refractivity contribution in [1.29, 1.82) is 0 Å². The zero-order valence-corrected chi connectivity index (χ0v) is 12.9. The van der Waals surface area contributed by atoms with E-state index in [1.165, 1.54) is 4.90 Å². The molecular weight excluding hydrogens is 290 g/mol. The van der Waals surface area contributed by atoms with Crippen LogP contribution in [0, 0.1) is 0 Å². The molecule has 2 amide bonds. The van der Waals surface area contributed by atoms with Crippen molar-refractivity contribution < 1.29 is 14.5 Å². The van der Waals surface area contributed by atoms with E-state index in [0.29, 0.717) is 10.6 Å². The van der Waals surface area contributed by atoms with Crippen molar-refractivity contribution in [3.8, 4) is 0 Å². The van der Waals surface area contributed by atoms with Crippen LogP contribution < -0.4 is 10.2 Å². The van der Waals surface area contributed by atoms with Crippen LogP contribution in [0.5, 0.6) is 0 Å². The van der Waals surface area contributed by atoms with Gasteiger partial charge in [-0.05, 0) is 24.3 Å². The van der Waals surface area contributed by atoms with E-state index >= 15 is 0 Å². The molecule has 1 heterocycles. The van der Waals surface area contributed by atoms with Crippen LogP contribution in [0.2, 0.25) is 5.02 Å². The molecule has 2 rings (SSSR count). The van der Waals surface area contributed by atoms with E-state index in [-0.39, 0.29) is 18.4 Å². The van der Waals surface area contributed by atoms with Crippen LogP contribution in [-0.4, -0.2) is 56.5 Å². The molecule has 2 N–H and O–H groups in total. The minimum absolute atomic E-state index is 0.0213. The lowest BCUT2D eigenvalue weighted by Gasteiger charge is -2.19. The summed E-state index contributed by atoms with van der Waals surface area (Å²) in [5.41, 5.74) is 0.507. The van der Waals surface area contributed by atoms with Crippen molar-refractivity contribution in [3.63, 3.8) is 0 Å². The highest BCUT2D eigenvalue weighted by Gasteiger charge is 2.19. The molecule has 6 heteroatoms.